The van der Waals surface area contributed by atoms with Crippen molar-refractivity contribution in [1.82, 2.24) is 4.98 Å². The third kappa shape index (κ3) is 1.89. The lowest BCUT2D eigenvalue weighted by atomic mass is 9.97. The lowest BCUT2D eigenvalue weighted by molar-refractivity contribution is 0.411. The van der Waals surface area contributed by atoms with Crippen LogP contribution in [0.25, 0.3) is 11.1 Å². The molecule has 0 fully saturated rings. The van der Waals surface area contributed by atoms with Gasteiger partial charge >= 0.3 is 0 Å². The SMILES string of the molecule is CCc1ccc2nc(C(C)(C)C)oc2c1. The Morgan fingerprint density at radius 3 is 2.60 bits per heavy atom. The van der Waals surface area contributed by atoms with Crippen LogP contribution in [0.3, 0.4) is 0 Å². The quantitative estimate of drug-likeness (QED) is 0.706. The molecule has 2 rings (SSSR count). The molecule has 0 aliphatic heterocycles. The Labute approximate surface area is 90.3 Å². The van der Waals surface area contributed by atoms with Crippen LogP contribution < -0.4 is 0 Å². The van der Waals surface area contributed by atoms with Gasteiger partial charge in [0.15, 0.2) is 5.58 Å². The van der Waals surface area contributed by atoms with Crippen molar-refractivity contribution >= 4 is 11.1 Å². The summed E-state index contributed by atoms with van der Waals surface area (Å²) in [6, 6.07) is 6.22. The Morgan fingerprint density at radius 1 is 1.27 bits per heavy atom. The summed E-state index contributed by atoms with van der Waals surface area (Å²) in [4.78, 5) is 4.49. The van der Waals surface area contributed by atoms with Gasteiger partial charge < -0.3 is 4.42 Å². The molecule has 0 aliphatic rings. The average molecular weight is 203 g/mol. The second-order valence-electron chi connectivity index (χ2n) is 4.92. The summed E-state index contributed by atoms with van der Waals surface area (Å²) in [5, 5.41) is 0. The molecular formula is C13H17NO. The van der Waals surface area contributed by atoms with Gasteiger partial charge in [0.05, 0.1) is 0 Å². The predicted octanol–water partition coefficient (Wildman–Crippen LogP) is 3.69. The zero-order valence-corrected chi connectivity index (χ0v) is 9.79. The van der Waals surface area contributed by atoms with E-state index in [9.17, 15) is 0 Å². The maximum absolute atomic E-state index is 5.76. The number of rotatable bonds is 1. The molecule has 2 nitrogen and oxygen atoms in total. The van der Waals surface area contributed by atoms with Gasteiger partial charge in [0.2, 0.25) is 5.89 Å². The maximum atomic E-state index is 5.76. The Bertz CT molecular complexity index is 477. The molecule has 0 radical (unpaired) electrons. The van der Waals surface area contributed by atoms with E-state index in [2.05, 4.69) is 44.8 Å². The summed E-state index contributed by atoms with van der Waals surface area (Å²) >= 11 is 0. The first-order valence-electron chi connectivity index (χ1n) is 5.40. The van der Waals surface area contributed by atoms with Crippen LogP contribution >= 0.6 is 0 Å². The molecule has 0 N–H and O–H groups in total. The third-order valence-electron chi connectivity index (χ3n) is 2.50. The molecule has 2 aromatic rings. The maximum Gasteiger partial charge on any atom is 0.200 e. The summed E-state index contributed by atoms with van der Waals surface area (Å²) in [6.07, 6.45) is 1.03. The second-order valence-corrected chi connectivity index (χ2v) is 4.92. The number of hydrogen-bond acceptors (Lipinski definition) is 2. The molecule has 0 saturated carbocycles. The first-order chi connectivity index (χ1) is 7.00. The topological polar surface area (TPSA) is 26.0 Å². The van der Waals surface area contributed by atoms with Crippen molar-refractivity contribution in [3.63, 3.8) is 0 Å². The van der Waals surface area contributed by atoms with Crippen LogP contribution in [-0.2, 0) is 11.8 Å². The molecule has 1 aromatic carbocycles. The predicted molar refractivity (Wildman–Crippen MR) is 62.1 cm³/mol. The van der Waals surface area contributed by atoms with E-state index in [-0.39, 0.29) is 5.41 Å². The van der Waals surface area contributed by atoms with Crippen molar-refractivity contribution in [2.24, 2.45) is 0 Å². The zero-order valence-electron chi connectivity index (χ0n) is 9.79. The summed E-state index contributed by atoms with van der Waals surface area (Å²) < 4.78 is 5.76. The first kappa shape index (κ1) is 10.2. The van der Waals surface area contributed by atoms with Gasteiger partial charge in [-0.25, -0.2) is 4.98 Å². The van der Waals surface area contributed by atoms with Crippen LogP contribution in [0.5, 0.6) is 0 Å². The van der Waals surface area contributed by atoms with E-state index in [1.807, 2.05) is 6.07 Å². The number of nitrogens with zero attached hydrogens (tertiary/aromatic N) is 1. The minimum atomic E-state index is -0.0224. The van der Waals surface area contributed by atoms with Crippen LogP contribution in [0.2, 0.25) is 0 Å². The van der Waals surface area contributed by atoms with Crippen LogP contribution in [0.4, 0.5) is 0 Å². The van der Waals surface area contributed by atoms with Crippen molar-refractivity contribution in [3.8, 4) is 0 Å². The van der Waals surface area contributed by atoms with Crippen LogP contribution in [0.1, 0.15) is 39.1 Å². The van der Waals surface area contributed by atoms with Gasteiger partial charge in [0, 0.05) is 5.41 Å². The van der Waals surface area contributed by atoms with Crippen molar-refractivity contribution in [3.05, 3.63) is 29.7 Å². The Kier molecular flexibility index (Phi) is 2.29. The molecule has 15 heavy (non-hydrogen) atoms. The zero-order chi connectivity index (χ0) is 11.1. The van der Waals surface area contributed by atoms with E-state index in [1.165, 1.54) is 5.56 Å². The van der Waals surface area contributed by atoms with Crippen molar-refractivity contribution in [2.45, 2.75) is 39.5 Å². The molecule has 0 saturated heterocycles. The van der Waals surface area contributed by atoms with Crippen LogP contribution in [-0.4, -0.2) is 4.98 Å². The summed E-state index contributed by atoms with van der Waals surface area (Å²) in [6.45, 7) is 8.47. The van der Waals surface area contributed by atoms with E-state index < -0.39 is 0 Å². The number of benzene rings is 1. The Morgan fingerprint density at radius 2 is 2.00 bits per heavy atom. The smallest absolute Gasteiger partial charge is 0.200 e. The fourth-order valence-electron chi connectivity index (χ4n) is 1.51. The van der Waals surface area contributed by atoms with E-state index in [1.54, 1.807) is 0 Å². The highest BCUT2D eigenvalue weighted by Gasteiger charge is 2.20. The van der Waals surface area contributed by atoms with Gasteiger partial charge in [-0.3, -0.25) is 0 Å². The average Bonchev–Trinajstić information content (AvgIpc) is 2.59. The van der Waals surface area contributed by atoms with Gasteiger partial charge in [-0.1, -0.05) is 33.8 Å². The Balaban J connectivity index is 2.56. The molecule has 1 aromatic heterocycles. The molecule has 2 heteroatoms. The standard InChI is InChI=1S/C13H17NO/c1-5-9-6-7-10-11(8-9)15-12(14-10)13(2,3)4/h6-8H,5H2,1-4H3. The van der Waals surface area contributed by atoms with Crippen LogP contribution in [0.15, 0.2) is 22.6 Å². The van der Waals surface area contributed by atoms with Crippen molar-refractivity contribution in [2.75, 3.05) is 0 Å². The van der Waals surface area contributed by atoms with Gasteiger partial charge in [-0.05, 0) is 24.1 Å². The lowest BCUT2D eigenvalue weighted by Crippen LogP contribution is -2.10. The molecule has 1 heterocycles. The van der Waals surface area contributed by atoms with Gasteiger partial charge in [-0.2, -0.15) is 0 Å². The first-order valence-corrected chi connectivity index (χ1v) is 5.40. The fraction of sp³-hybridized carbons (Fsp3) is 0.462. The van der Waals surface area contributed by atoms with E-state index in [0.29, 0.717) is 0 Å². The number of fused-ring (bicyclic) bond motifs is 1. The molecule has 80 valence electrons. The van der Waals surface area contributed by atoms with Gasteiger partial charge in [0.1, 0.15) is 5.52 Å². The number of aryl methyl sites for hydroxylation is 1. The number of aromatic nitrogens is 1. The summed E-state index contributed by atoms with van der Waals surface area (Å²) in [7, 11) is 0. The third-order valence-corrected chi connectivity index (χ3v) is 2.50. The number of hydrogen-bond donors (Lipinski definition) is 0. The normalized spacial score (nSPS) is 12.3. The van der Waals surface area contributed by atoms with Gasteiger partial charge in [0.25, 0.3) is 0 Å². The molecule has 0 bridgehead atoms. The highest BCUT2D eigenvalue weighted by Crippen LogP contribution is 2.26. The molecule has 0 atom stereocenters. The highest BCUT2D eigenvalue weighted by atomic mass is 16.3. The highest BCUT2D eigenvalue weighted by molar-refractivity contribution is 5.73. The second kappa shape index (κ2) is 3.37. The van der Waals surface area contributed by atoms with Crippen LogP contribution in [0, 0.1) is 0 Å². The number of oxazole rings is 1. The molecule has 0 spiro atoms. The molecule has 0 amide bonds. The fourth-order valence-corrected chi connectivity index (χ4v) is 1.51. The van der Waals surface area contributed by atoms with E-state index >= 15 is 0 Å². The molecular weight excluding hydrogens is 186 g/mol. The molecule has 0 aliphatic carbocycles. The summed E-state index contributed by atoms with van der Waals surface area (Å²) in [5.74, 6) is 0.811. The molecule has 0 unspecified atom stereocenters. The van der Waals surface area contributed by atoms with E-state index in [0.717, 1.165) is 23.4 Å². The lowest BCUT2D eigenvalue weighted by Gasteiger charge is -2.11. The van der Waals surface area contributed by atoms with Crippen molar-refractivity contribution < 1.29 is 4.42 Å². The monoisotopic (exact) mass is 203 g/mol. The Hall–Kier alpha value is -1.31. The van der Waals surface area contributed by atoms with E-state index in [4.69, 9.17) is 4.42 Å². The van der Waals surface area contributed by atoms with Gasteiger partial charge in [-0.15, -0.1) is 0 Å². The minimum absolute atomic E-state index is 0.0224. The summed E-state index contributed by atoms with van der Waals surface area (Å²) in [5.41, 5.74) is 3.13. The minimum Gasteiger partial charge on any atom is -0.440 e. The largest absolute Gasteiger partial charge is 0.440 e. The van der Waals surface area contributed by atoms with Crippen molar-refractivity contribution in [1.29, 1.82) is 0 Å².